The Kier molecular flexibility index (Phi) is 16.3. The molecular weight excluding hydrogens is 611 g/mol. The van der Waals surface area contributed by atoms with Crippen molar-refractivity contribution in [3.05, 3.63) is 84.2 Å². The number of para-hydroxylation sites is 1. The summed E-state index contributed by atoms with van der Waals surface area (Å²) < 4.78 is 13.8. The van der Waals surface area contributed by atoms with Crippen LogP contribution in [-0.2, 0) is 13.1 Å². The van der Waals surface area contributed by atoms with Gasteiger partial charge in [0.2, 0.25) is 0 Å². The number of hydrogen-bond acceptors (Lipinski definition) is 3. The lowest BCUT2D eigenvalue weighted by Crippen LogP contribution is -3.00. The molecule has 3 rings (SSSR count). The van der Waals surface area contributed by atoms with Crippen LogP contribution in [0.1, 0.15) is 94.0 Å². The molecule has 1 amide bonds. The summed E-state index contributed by atoms with van der Waals surface area (Å²) >= 11 is 0. The van der Waals surface area contributed by atoms with Crippen LogP contribution in [0.3, 0.4) is 0 Å². The van der Waals surface area contributed by atoms with Crippen LogP contribution in [0.5, 0.6) is 11.5 Å². The normalized spacial score (nSPS) is 10.6. The molecule has 40 heavy (non-hydrogen) atoms. The topological polar surface area (TPSA) is 42.7 Å². The van der Waals surface area contributed by atoms with Crippen molar-refractivity contribution in [3.8, 4) is 11.5 Å². The number of halogens is 1. The van der Waals surface area contributed by atoms with Gasteiger partial charge in [-0.15, -0.1) is 0 Å². The van der Waals surface area contributed by atoms with Crippen LogP contribution in [0.2, 0.25) is 0 Å². The fourth-order valence-corrected chi connectivity index (χ4v) is 4.74. The molecule has 0 N–H and O–H groups in total. The maximum atomic E-state index is 13.6. The van der Waals surface area contributed by atoms with E-state index in [9.17, 15) is 4.79 Å². The highest BCUT2D eigenvalue weighted by molar-refractivity contribution is 6.05. The summed E-state index contributed by atoms with van der Waals surface area (Å²) in [5.41, 5.74) is 2.50. The van der Waals surface area contributed by atoms with Gasteiger partial charge in [-0.25, -0.2) is 4.57 Å². The lowest BCUT2D eigenvalue weighted by molar-refractivity contribution is -0.693. The minimum atomic E-state index is -0.0373. The van der Waals surface area contributed by atoms with Crippen LogP contribution in [0.4, 0.5) is 5.69 Å². The van der Waals surface area contributed by atoms with E-state index in [4.69, 9.17) is 9.47 Å². The summed E-state index contributed by atoms with van der Waals surface area (Å²) in [6, 6.07) is 19.5. The Hall–Kier alpha value is -2.61. The number of pyridine rings is 1. The molecule has 0 spiro atoms. The van der Waals surface area contributed by atoms with Gasteiger partial charge in [0.1, 0.15) is 6.54 Å². The number of benzene rings is 2. The van der Waals surface area contributed by atoms with Crippen LogP contribution >= 0.6 is 0 Å². The fraction of sp³-hybridized carbons (Fsp3) is 0.471. The maximum absolute atomic E-state index is 13.6. The summed E-state index contributed by atoms with van der Waals surface area (Å²) in [5.74, 6) is 1.41. The molecule has 0 atom stereocenters. The lowest BCUT2D eigenvalue weighted by atomic mass is 10.1. The average molecular weight is 659 g/mol. The number of aryl methyl sites for hydroxylation is 1. The van der Waals surface area contributed by atoms with Gasteiger partial charge in [0.15, 0.2) is 23.9 Å². The highest BCUT2D eigenvalue weighted by Gasteiger charge is 2.20. The third kappa shape index (κ3) is 11.1. The largest absolute Gasteiger partial charge is 1.00 e. The number of nitrogens with zero attached hydrogens (tertiary/aromatic N) is 2. The van der Waals surface area contributed by atoms with E-state index >= 15 is 0 Å². The van der Waals surface area contributed by atoms with Crippen molar-refractivity contribution in [1.29, 1.82) is 0 Å². The second-order valence-electron chi connectivity index (χ2n) is 10.2. The van der Waals surface area contributed by atoms with E-state index in [1.54, 1.807) is 7.11 Å². The SMILES string of the molecule is CCCCCCCCCCCCOc1ccc(CN(C(=O)c2cc[n+](CC)cc2)c2ccccc2)cc1OC.[I-]. The Balaban J connectivity index is 0.00000560. The Morgan fingerprint density at radius 1 is 0.775 bits per heavy atom. The Labute approximate surface area is 258 Å². The first-order valence-corrected chi connectivity index (χ1v) is 14.8. The molecule has 0 unspecified atom stereocenters. The molecular formula is C34H47IN2O3. The monoisotopic (exact) mass is 658 g/mol. The molecule has 218 valence electrons. The number of carbonyl (C=O) groups is 1. The van der Waals surface area contributed by atoms with Gasteiger partial charge in [0.25, 0.3) is 5.91 Å². The van der Waals surface area contributed by atoms with Crippen molar-refractivity contribution >= 4 is 11.6 Å². The summed E-state index contributed by atoms with van der Waals surface area (Å²) in [7, 11) is 1.67. The molecule has 0 saturated carbocycles. The first-order chi connectivity index (χ1) is 19.2. The predicted octanol–water partition coefficient (Wildman–Crippen LogP) is 5.15. The van der Waals surface area contributed by atoms with Gasteiger partial charge in [-0.3, -0.25) is 4.79 Å². The predicted molar refractivity (Wildman–Crippen MR) is 160 cm³/mol. The highest BCUT2D eigenvalue weighted by atomic mass is 127. The molecule has 5 nitrogen and oxygen atoms in total. The lowest BCUT2D eigenvalue weighted by Gasteiger charge is -2.23. The molecule has 0 fully saturated rings. The molecule has 0 aliphatic rings. The molecule has 0 aliphatic carbocycles. The van der Waals surface area contributed by atoms with E-state index in [1.165, 1.54) is 57.8 Å². The van der Waals surface area contributed by atoms with Crippen LogP contribution < -0.4 is 42.9 Å². The summed E-state index contributed by atoms with van der Waals surface area (Å²) in [4.78, 5) is 15.4. The Bertz CT molecular complexity index is 1110. The molecule has 1 heterocycles. The Morgan fingerprint density at radius 2 is 1.40 bits per heavy atom. The van der Waals surface area contributed by atoms with Crippen LogP contribution in [0, 0.1) is 0 Å². The van der Waals surface area contributed by atoms with Gasteiger partial charge in [-0.05, 0) is 43.2 Å². The zero-order chi connectivity index (χ0) is 27.7. The summed E-state index contributed by atoms with van der Waals surface area (Å²) in [5, 5.41) is 0. The number of carbonyl (C=O) groups excluding carboxylic acids is 1. The van der Waals surface area contributed by atoms with Gasteiger partial charge in [-0.1, -0.05) is 89.0 Å². The van der Waals surface area contributed by atoms with Crippen molar-refractivity contribution in [2.45, 2.75) is 91.1 Å². The fourth-order valence-electron chi connectivity index (χ4n) is 4.74. The van der Waals surface area contributed by atoms with Crippen molar-refractivity contribution in [2.75, 3.05) is 18.6 Å². The first kappa shape index (κ1) is 33.6. The van der Waals surface area contributed by atoms with Gasteiger partial charge in [-0.2, -0.15) is 0 Å². The number of ether oxygens (including phenoxy) is 2. The highest BCUT2D eigenvalue weighted by Crippen LogP contribution is 2.30. The van der Waals surface area contributed by atoms with Crippen LogP contribution in [0.25, 0.3) is 0 Å². The van der Waals surface area contributed by atoms with Crippen LogP contribution in [-0.4, -0.2) is 19.6 Å². The molecule has 0 saturated heterocycles. The van der Waals surface area contributed by atoms with E-state index < -0.39 is 0 Å². The molecule has 6 heteroatoms. The van der Waals surface area contributed by atoms with E-state index in [0.717, 1.165) is 30.0 Å². The second kappa shape index (κ2) is 19.5. The number of hydrogen-bond donors (Lipinski definition) is 0. The van der Waals surface area contributed by atoms with Gasteiger partial charge in [0, 0.05) is 17.8 Å². The third-order valence-corrected chi connectivity index (χ3v) is 7.14. The average Bonchev–Trinajstić information content (AvgIpc) is 2.99. The number of anilines is 1. The van der Waals surface area contributed by atoms with Crippen molar-refractivity contribution in [3.63, 3.8) is 0 Å². The minimum Gasteiger partial charge on any atom is -1.00 e. The zero-order valence-electron chi connectivity index (χ0n) is 24.6. The van der Waals surface area contributed by atoms with Crippen molar-refractivity contribution in [2.24, 2.45) is 0 Å². The van der Waals surface area contributed by atoms with E-state index in [2.05, 4.69) is 13.8 Å². The first-order valence-electron chi connectivity index (χ1n) is 14.8. The summed E-state index contributed by atoms with van der Waals surface area (Å²) in [6.07, 6.45) is 16.9. The van der Waals surface area contributed by atoms with E-state index in [0.29, 0.717) is 24.5 Å². The number of aromatic nitrogens is 1. The Morgan fingerprint density at radius 3 is 2.00 bits per heavy atom. The number of rotatable bonds is 18. The molecule has 2 aromatic carbocycles. The van der Waals surface area contributed by atoms with Crippen molar-refractivity contribution in [1.82, 2.24) is 0 Å². The number of unbranched alkanes of at least 4 members (excludes halogenated alkanes) is 9. The minimum absolute atomic E-state index is 0. The summed E-state index contributed by atoms with van der Waals surface area (Å²) in [6.45, 7) is 6.33. The molecule has 3 aromatic rings. The second-order valence-corrected chi connectivity index (χ2v) is 10.2. The van der Waals surface area contributed by atoms with Gasteiger partial charge in [0.05, 0.1) is 25.8 Å². The van der Waals surface area contributed by atoms with E-state index in [-0.39, 0.29) is 29.9 Å². The quantitative estimate of drug-likeness (QED) is 0.108. The standard InChI is InChI=1S/C34H47N2O3.HI/c1-4-6-7-8-9-10-11-12-13-17-26-39-32-21-20-29(27-33(32)38-3)28-36(31-18-15-14-16-19-31)34(37)30-22-24-35(5-2)25-23-30;/h14-16,18-25,27H,4-13,17,26,28H2,1-3H3;1H/q+1;/p-1. The number of amides is 1. The van der Waals surface area contributed by atoms with Gasteiger partial charge < -0.3 is 38.4 Å². The third-order valence-electron chi connectivity index (χ3n) is 7.14. The van der Waals surface area contributed by atoms with E-state index in [1.807, 2.05) is 82.5 Å². The maximum Gasteiger partial charge on any atom is 0.259 e. The zero-order valence-corrected chi connectivity index (χ0v) is 26.8. The molecule has 0 aliphatic heterocycles. The van der Waals surface area contributed by atoms with Crippen molar-refractivity contribution < 1.29 is 42.8 Å². The number of methoxy groups -OCH3 is 1. The molecule has 1 aromatic heterocycles. The smallest absolute Gasteiger partial charge is 0.259 e. The van der Waals surface area contributed by atoms with Gasteiger partial charge >= 0.3 is 0 Å². The van der Waals surface area contributed by atoms with Crippen LogP contribution in [0.15, 0.2) is 73.1 Å². The molecule has 0 bridgehead atoms. The molecule has 0 radical (unpaired) electrons.